The zero-order chi connectivity index (χ0) is 14.7. The summed E-state index contributed by atoms with van der Waals surface area (Å²) in [4.78, 5) is 26.6. The first-order chi connectivity index (χ1) is 9.49. The Balaban J connectivity index is 1.98. The highest BCUT2D eigenvalue weighted by atomic mass is 19.1. The summed E-state index contributed by atoms with van der Waals surface area (Å²) in [6.45, 7) is 3.58. The Bertz CT molecular complexity index is 506. The number of Topliss-reactive ketones (excluding diaryl/α,β-unsaturated/α-hetero) is 1. The van der Waals surface area contributed by atoms with Gasteiger partial charge >= 0.3 is 0 Å². The van der Waals surface area contributed by atoms with Crippen molar-refractivity contribution in [2.75, 3.05) is 32.7 Å². The molecule has 1 heterocycles. The van der Waals surface area contributed by atoms with Gasteiger partial charge in [-0.1, -0.05) is 6.07 Å². The first kappa shape index (κ1) is 14.6. The van der Waals surface area contributed by atoms with Gasteiger partial charge in [0.1, 0.15) is 11.6 Å². The van der Waals surface area contributed by atoms with Crippen molar-refractivity contribution in [3.8, 4) is 0 Å². The fraction of sp³-hybridized carbons (Fsp3) is 0.429. The van der Waals surface area contributed by atoms with Crippen LogP contribution in [0.25, 0.3) is 0 Å². The molecular formula is C14H16F2N2O2. The summed E-state index contributed by atoms with van der Waals surface area (Å²) in [6, 6.07) is 3.38. The molecule has 1 aromatic carbocycles. The van der Waals surface area contributed by atoms with E-state index in [4.69, 9.17) is 0 Å². The summed E-state index contributed by atoms with van der Waals surface area (Å²) in [5, 5.41) is 0. The molecule has 0 saturated carbocycles. The monoisotopic (exact) mass is 282 g/mol. The number of nitrogens with zero attached hydrogens (tertiary/aromatic N) is 2. The van der Waals surface area contributed by atoms with E-state index < -0.39 is 23.0 Å². The number of rotatable bonds is 3. The van der Waals surface area contributed by atoms with E-state index in [1.54, 1.807) is 9.80 Å². The normalized spacial score (nSPS) is 16.2. The van der Waals surface area contributed by atoms with Gasteiger partial charge in [-0.15, -0.1) is 0 Å². The molecule has 6 heteroatoms. The quantitative estimate of drug-likeness (QED) is 0.785. The average molecular weight is 282 g/mol. The molecule has 1 fully saturated rings. The lowest BCUT2D eigenvalue weighted by Gasteiger charge is -2.33. The minimum atomic E-state index is -0.836. The van der Waals surface area contributed by atoms with Crippen LogP contribution in [0.3, 0.4) is 0 Å². The third-order valence-corrected chi connectivity index (χ3v) is 3.43. The highest BCUT2D eigenvalue weighted by molar-refractivity contribution is 5.98. The van der Waals surface area contributed by atoms with Gasteiger partial charge in [-0.05, 0) is 12.1 Å². The maximum atomic E-state index is 13.5. The van der Waals surface area contributed by atoms with Crippen molar-refractivity contribution in [3.05, 3.63) is 35.4 Å². The Morgan fingerprint density at radius 3 is 2.15 bits per heavy atom. The molecule has 1 aliphatic rings. The molecular weight excluding hydrogens is 266 g/mol. The van der Waals surface area contributed by atoms with Crippen LogP contribution in [0.5, 0.6) is 0 Å². The van der Waals surface area contributed by atoms with Crippen LogP contribution in [0, 0.1) is 11.6 Å². The van der Waals surface area contributed by atoms with Gasteiger partial charge in [0.25, 0.3) is 0 Å². The molecule has 20 heavy (non-hydrogen) atoms. The number of amides is 1. The summed E-state index contributed by atoms with van der Waals surface area (Å²) < 4.78 is 27.0. The highest BCUT2D eigenvalue weighted by Gasteiger charge is 2.23. The van der Waals surface area contributed by atoms with Crippen molar-refractivity contribution >= 4 is 11.7 Å². The molecule has 4 nitrogen and oxygen atoms in total. The molecule has 0 atom stereocenters. The van der Waals surface area contributed by atoms with E-state index in [0.29, 0.717) is 26.2 Å². The van der Waals surface area contributed by atoms with Gasteiger partial charge in [0.05, 0.1) is 12.1 Å². The third kappa shape index (κ3) is 3.19. The molecule has 0 aliphatic carbocycles. The molecule has 0 aromatic heterocycles. The molecule has 1 saturated heterocycles. The fourth-order valence-corrected chi connectivity index (χ4v) is 2.27. The van der Waals surface area contributed by atoms with Crippen LogP contribution in [0.1, 0.15) is 17.3 Å². The fourth-order valence-electron chi connectivity index (χ4n) is 2.27. The Kier molecular flexibility index (Phi) is 4.44. The van der Waals surface area contributed by atoms with Crippen molar-refractivity contribution in [2.45, 2.75) is 6.92 Å². The van der Waals surface area contributed by atoms with E-state index in [1.807, 2.05) is 0 Å². The maximum absolute atomic E-state index is 13.5. The van der Waals surface area contributed by atoms with Gasteiger partial charge in [-0.3, -0.25) is 14.5 Å². The largest absolute Gasteiger partial charge is 0.340 e. The van der Waals surface area contributed by atoms with Crippen LogP contribution < -0.4 is 0 Å². The minimum Gasteiger partial charge on any atom is -0.340 e. The predicted octanol–water partition coefficient (Wildman–Crippen LogP) is 1.31. The number of hydrogen-bond donors (Lipinski definition) is 0. The van der Waals surface area contributed by atoms with Crippen molar-refractivity contribution in [1.29, 1.82) is 0 Å². The lowest BCUT2D eigenvalue weighted by molar-refractivity contribution is -0.130. The first-order valence-electron chi connectivity index (χ1n) is 6.44. The Morgan fingerprint density at radius 2 is 1.65 bits per heavy atom. The highest BCUT2D eigenvalue weighted by Crippen LogP contribution is 2.14. The van der Waals surface area contributed by atoms with Crippen LogP contribution >= 0.6 is 0 Å². The zero-order valence-electron chi connectivity index (χ0n) is 11.2. The number of piperazine rings is 1. The van der Waals surface area contributed by atoms with E-state index in [-0.39, 0.29) is 12.5 Å². The van der Waals surface area contributed by atoms with Gasteiger partial charge in [0, 0.05) is 33.1 Å². The second-order valence-corrected chi connectivity index (χ2v) is 4.80. The Morgan fingerprint density at radius 1 is 1.10 bits per heavy atom. The Labute approximate surface area is 116 Å². The molecule has 0 bridgehead atoms. The van der Waals surface area contributed by atoms with E-state index in [9.17, 15) is 18.4 Å². The molecule has 0 spiro atoms. The number of hydrogen-bond acceptors (Lipinski definition) is 3. The summed E-state index contributed by atoms with van der Waals surface area (Å²) in [6.07, 6.45) is 0. The van der Waals surface area contributed by atoms with E-state index in [2.05, 4.69) is 0 Å². The standard InChI is InChI=1S/C14H16F2N2O2/c1-10(19)18-7-5-17(6-8-18)9-13(20)14-11(15)3-2-4-12(14)16/h2-4H,5-9H2,1H3. The average Bonchev–Trinajstić information content (AvgIpc) is 2.39. The van der Waals surface area contributed by atoms with Crippen molar-refractivity contribution in [2.24, 2.45) is 0 Å². The van der Waals surface area contributed by atoms with Gasteiger partial charge in [0.15, 0.2) is 5.78 Å². The van der Waals surface area contributed by atoms with Crippen LogP contribution in [0.2, 0.25) is 0 Å². The second-order valence-electron chi connectivity index (χ2n) is 4.80. The van der Waals surface area contributed by atoms with E-state index in [0.717, 1.165) is 12.1 Å². The summed E-state index contributed by atoms with van der Waals surface area (Å²) in [5.41, 5.74) is -0.485. The molecule has 0 radical (unpaired) electrons. The van der Waals surface area contributed by atoms with Crippen molar-refractivity contribution < 1.29 is 18.4 Å². The molecule has 0 unspecified atom stereocenters. The van der Waals surface area contributed by atoms with Gasteiger partial charge in [-0.2, -0.15) is 0 Å². The molecule has 0 N–H and O–H groups in total. The Hall–Kier alpha value is -1.82. The number of carbonyl (C=O) groups is 2. The van der Waals surface area contributed by atoms with E-state index >= 15 is 0 Å². The number of halogens is 2. The van der Waals surface area contributed by atoms with Gasteiger partial charge in [0.2, 0.25) is 5.91 Å². The number of ketones is 1. The lowest BCUT2D eigenvalue weighted by atomic mass is 10.1. The van der Waals surface area contributed by atoms with Gasteiger partial charge in [-0.25, -0.2) is 8.78 Å². The molecule has 1 amide bonds. The van der Waals surface area contributed by atoms with Crippen LogP contribution in [-0.2, 0) is 4.79 Å². The summed E-state index contributed by atoms with van der Waals surface area (Å²) in [7, 11) is 0. The second kappa shape index (κ2) is 6.09. The van der Waals surface area contributed by atoms with Gasteiger partial charge < -0.3 is 4.90 Å². The molecule has 108 valence electrons. The lowest BCUT2D eigenvalue weighted by Crippen LogP contribution is -2.49. The molecule has 1 aromatic rings. The zero-order valence-corrected chi connectivity index (χ0v) is 11.2. The summed E-state index contributed by atoms with van der Waals surface area (Å²) in [5.74, 6) is -2.25. The van der Waals surface area contributed by atoms with Crippen molar-refractivity contribution in [1.82, 2.24) is 9.80 Å². The van der Waals surface area contributed by atoms with Crippen LogP contribution in [-0.4, -0.2) is 54.2 Å². The minimum absolute atomic E-state index is 0.00359. The number of benzene rings is 1. The SMILES string of the molecule is CC(=O)N1CCN(CC(=O)c2c(F)cccc2F)CC1. The smallest absolute Gasteiger partial charge is 0.219 e. The third-order valence-electron chi connectivity index (χ3n) is 3.43. The van der Waals surface area contributed by atoms with Crippen molar-refractivity contribution in [3.63, 3.8) is 0 Å². The maximum Gasteiger partial charge on any atom is 0.219 e. The molecule has 1 aliphatic heterocycles. The number of carbonyl (C=O) groups excluding carboxylic acids is 2. The van der Waals surface area contributed by atoms with Crippen LogP contribution in [0.15, 0.2) is 18.2 Å². The summed E-state index contributed by atoms with van der Waals surface area (Å²) >= 11 is 0. The first-order valence-corrected chi connectivity index (χ1v) is 6.44. The molecule has 2 rings (SSSR count). The topological polar surface area (TPSA) is 40.6 Å². The van der Waals surface area contributed by atoms with E-state index in [1.165, 1.54) is 13.0 Å². The predicted molar refractivity (Wildman–Crippen MR) is 69.4 cm³/mol. The van der Waals surface area contributed by atoms with Crippen LogP contribution in [0.4, 0.5) is 8.78 Å².